The van der Waals surface area contributed by atoms with Gasteiger partial charge in [0.15, 0.2) is 6.29 Å². The maximum atomic E-state index is 11.3. The molecule has 0 spiro atoms. The van der Waals surface area contributed by atoms with E-state index in [-0.39, 0.29) is 6.42 Å². The van der Waals surface area contributed by atoms with Crippen molar-refractivity contribution in [3.63, 3.8) is 0 Å². The zero-order valence-electron chi connectivity index (χ0n) is 9.70. The fourth-order valence-electron chi connectivity index (χ4n) is 1.91. The van der Waals surface area contributed by atoms with Gasteiger partial charge >= 0.3 is 5.97 Å². The molecule has 0 bridgehead atoms. The third kappa shape index (κ3) is 2.86. The van der Waals surface area contributed by atoms with Gasteiger partial charge in [-0.25, -0.2) is 0 Å². The van der Waals surface area contributed by atoms with Gasteiger partial charge in [0, 0.05) is 6.42 Å². The van der Waals surface area contributed by atoms with Crippen LogP contribution in [0.1, 0.15) is 23.5 Å². The number of nitriles is 1. The Balaban J connectivity index is 2.13. The van der Waals surface area contributed by atoms with Crippen LogP contribution in [-0.2, 0) is 14.3 Å². The topological polar surface area (TPSA) is 79.5 Å². The minimum absolute atomic E-state index is 0.279. The largest absolute Gasteiger partial charge is 0.481 e. The van der Waals surface area contributed by atoms with E-state index in [1.165, 1.54) is 0 Å². The molecule has 5 nitrogen and oxygen atoms in total. The van der Waals surface area contributed by atoms with Crippen LogP contribution in [0, 0.1) is 11.3 Å². The lowest BCUT2D eigenvalue weighted by molar-refractivity contribution is -0.141. The van der Waals surface area contributed by atoms with Gasteiger partial charge in [0.05, 0.1) is 30.8 Å². The summed E-state index contributed by atoms with van der Waals surface area (Å²) >= 11 is 0. The Bertz CT molecular complexity index is 457. The zero-order valence-corrected chi connectivity index (χ0v) is 9.70. The Kier molecular flexibility index (Phi) is 3.92. The molecule has 1 atom stereocenters. The fourth-order valence-corrected chi connectivity index (χ4v) is 1.91. The second kappa shape index (κ2) is 5.63. The number of benzene rings is 1. The highest BCUT2D eigenvalue weighted by molar-refractivity contribution is 5.76. The van der Waals surface area contributed by atoms with E-state index in [1.54, 1.807) is 24.3 Å². The normalized spacial score (nSPS) is 17.3. The molecule has 18 heavy (non-hydrogen) atoms. The predicted molar refractivity (Wildman–Crippen MR) is 61.8 cm³/mol. The summed E-state index contributed by atoms with van der Waals surface area (Å²) in [7, 11) is 0. The van der Waals surface area contributed by atoms with Gasteiger partial charge in [-0.3, -0.25) is 4.79 Å². The summed E-state index contributed by atoms with van der Waals surface area (Å²) in [6.07, 6.45) is -0.178. The van der Waals surface area contributed by atoms with E-state index in [0.717, 1.165) is 0 Å². The third-order valence-corrected chi connectivity index (χ3v) is 2.86. The number of nitrogens with zero attached hydrogens (tertiary/aromatic N) is 1. The van der Waals surface area contributed by atoms with Crippen LogP contribution >= 0.6 is 0 Å². The average molecular weight is 247 g/mol. The molecule has 1 fully saturated rings. The van der Waals surface area contributed by atoms with Crippen LogP contribution in [0.4, 0.5) is 0 Å². The highest BCUT2D eigenvalue weighted by Gasteiger charge is 2.27. The quantitative estimate of drug-likeness (QED) is 0.871. The second-order valence-corrected chi connectivity index (χ2v) is 4.03. The van der Waals surface area contributed by atoms with Gasteiger partial charge in [-0.05, 0) is 17.7 Å². The molecule has 0 amide bonds. The molecule has 1 aromatic rings. The maximum absolute atomic E-state index is 11.3. The van der Waals surface area contributed by atoms with E-state index in [1.807, 2.05) is 6.07 Å². The lowest BCUT2D eigenvalue weighted by Gasteiger charge is -2.16. The molecule has 0 radical (unpaired) electrons. The molecule has 1 aliphatic rings. The lowest BCUT2D eigenvalue weighted by atomic mass is 9.95. The van der Waals surface area contributed by atoms with Crippen LogP contribution in [-0.4, -0.2) is 30.6 Å². The summed E-state index contributed by atoms with van der Waals surface area (Å²) < 4.78 is 10.5. The first-order valence-electron chi connectivity index (χ1n) is 5.67. The summed E-state index contributed by atoms with van der Waals surface area (Å²) in [5.41, 5.74) is 1.16. The first-order chi connectivity index (χ1) is 8.70. The molecule has 1 unspecified atom stereocenters. The highest BCUT2D eigenvalue weighted by atomic mass is 16.7. The SMILES string of the molecule is N#Cc1ccc(C(CC2OCCO2)C(=O)O)cc1. The minimum atomic E-state index is -0.918. The van der Waals surface area contributed by atoms with Crippen LogP contribution in [0.25, 0.3) is 0 Å². The number of rotatable bonds is 4. The first kappa shape index (κ1) is 12.6. The molecule has 1 N–H and O–H groups in total. The molecule has 1 heterocycles. The lowest BCUT2D eigenvalue weighted by Crippen LogP contribution is -2.19. The van der Waals surface area contributed by atoms with Crippen molar-refractivity contribution in [1.29, 1.82) is 5.26 Å². The highest BCUT2D eigenvalue weighted by Crippen LogP contribution is 2.25. The zero-order chi connectivity index (χ0) is 13.0. The Hall–Kier alpha value is -1.90. The van der Waals surface area contributed by atoms with E-state index < -0.39 is 18.2 Å². The van der Waals surface area contributed by atoms with Gasteiger partial charge < -0.3 is 14.6 Å². The number of hydrogen-bond donors (Lipinski definition) is 1. The second-order valence-electron chi connectivity index (χ2n) is 4.03. The van der Waals surface area contributed by atoms with Gasteiger partial charge in [-0.1, -0.05) is 12.1 Å². The summed E-state index contributed by atoms with van der Waals surface area (Å²) in [5, 5.41) is 17.9. The van der Waals surface area contributed by atoms with Crippen LogP contribution in [0.15, 0.2) is 24.3 Å². The Morgan fingerprint density at radius 1 is 1.39 bits per heavy atom. The maximum Gasteiger partial charge on any atom is 0.311 e. The average Bonchev–Trinajstić information content (AvgIpc) is 2.89. The van der Waals surface area contributed by atoms with E-state index in [4.69, 9.17) is 14.7 Å². The summed E-state index contributed by atoms with van der Waals surface area (Å²) in [6.45, 7) is 1.01. The van der Waals surface area contributed by atoms with Gasteiger partial charge in [0.25, 0.3) is 0 Å². The molecule has 1 aromatic carbocycles. The number of ether oxygens (including phenoxy) is 2. The van der Waals surface area contributed by atoms with Crippen molar-refractivity contribution in [3.8, 4) is 6.07 Å². The van der Waals surface area contributed by atoms with Crippen LogP contribution < -0.4 is 0 Å². The predicted octanol–water partition coefficient (Wildman–Crippen LogP) is 1.49. The molecule has 0 saturated carbocycles. The Morgan fingerprint density at radius 2 is 2.00 bits per heavy atom. The van der Waals surface area contributed by atoms with Crippen molar-refractivity contribution in [2.24, 2.45) is 0 Å². The molecule has 0 aliphatic carbocycles. The van der Waals surface area contributed by atoms with Gasteiger partial charge in [-0.2, -0.15) is 5.26 Å². The van der Waals surface area contributed by atoms with Crippen molar-refractivity contribution >= 4 is 5.97 Å². The first-order valence-corrected chi connectivity index (χ1v) is 5.67. The Labute approximate surface area is 105 Å². The summed E-state index contributed by atoms with van der Waals surface area (Å²) in [5.74, 6) is -1.60. The van der Waals surface area contributed by atoms with Crippen molar-refractivity contribution in [3.05, 3.63) is 35.4 Å². The number of hydrogen-bond acceptors (Lipinski definition) is 4. The van der Waals surface area contributed by atoms with Crippen LogP contribution in [0.5, 0.6) is 0 Å². The number of carbonyl (C=O) groups is 1. The molecule has 1 aliphatic heterocycles. The fraction of sp³-hybridized carbons (Fsp3) is 0.385. The monoisotopic (exact) mass is 247 g/mol. The molecule has 0 aromatic heterocycles. The molecule has 1 saturated heterocycles. The molecule has 94 valence electrons. The summed E-state index contributed by atoms with van der Waals surface area (Å²) in [6, 6.07) is 8.54. The third-order valence-electron chi connectivity index (χ3n) is 2.86. The standard InChI is InChI=1S/C13H13NO4/c14-8-9-1-3-10(4-2-9)11(13(15)16)7-12-17-5-6-18-12/h1-4,11-12H,5-7H2,(H,15,16). The molecule has 2 rings (SSSR count). The molecular weight excluding hydrogens is 234 g/mol. The molecule has 5 heteroatoms. The van der Waals surface area contributed by atoms with Crippen molar-refractivity contribution < 1.29 is 19.4 Å². The van der Waals surface area contributed by atoms with E-state index >= 15 is 0 Å². The van der Waals surface area contributed by atoms with Crippen molar-refractivity contribution in [1.82, 2.24) is 0 Å². The van der Waals surface area contributed by atoms with E-state index in [2.05, 4.69) is 0 Å². The van der Waals surface area contributed by atoms with Crippen molar-refractivity contribution in [2.75, 3.05) is 13.2 Å². The van der Waals surface area contributed by atoms with Crippen LogP contribution in [0.2, 0.25) is 0 Å². The number of carboxylic acids is 1. The number of carboxylic acid groups (broad SMARTS) is 1. The Morgan fingerprint density at radius 3 is 2.50 bits per heavy atom. The van der Waals surface area contributed by atoms with Gasteiger partial charge in [-0.15, -0.1) is 0 Å². The minimum Gasteiger partial charge on any atom is -0.481 e. The van der Waals surface area contributed by atoms with Gasteiger partial charge in [0.2, 0.25) is 0 Å². The van der Waals surface area contributed by atoms with E-state index in [0.29, 0.717) is 24.3 Å². The van der Waals surface area contributed by atoms with Crippen LogP contribution in [0.3, 0.4) is 0 Å². The van der Waals surface area contributed by atoms with E-state index in [9.17, 15) is 9.90 Å². The summed E-state index contributed by atoms with van der Waals surface area (Å²) in [4.78, 5) is 11.3. The molecular formula is C13H13NO4. The van der Waals surface area contributed by atoms with Crippen molar-refractivity contribution in [2.45, 2.75) is 18.6 Å². The smallest absolute Gasteiger partial charge is 0.311 e. The number of aliphatic carboxylic acids is 1. The van der Waals surface area contributed by atoms with Gasteiger partial charge in [0.1, 0.15) is 0 Å².